The SMILES string of the molecule is COc1ccc(N2CCN(C(=O)[C@@H]3CCCCN3C)CC2(C)C)cc1. The van der Waals surface area contributed by atoms with Crippen molar-refractivity contribution >= 4 is 11.6 Å². The van der Waals surface area contributed by atoms with Gasteiger partial charge < -0.3 is 14.5 Å². The third kappa shape index (κ3) is 3.76. The van der Waals surface area contributed by atoms with Crippen molar-refractivity contribution in [1.82, 2.24) is 9.80 Å². The minimum absolute atomic E-state index is 0.0667. The lowest BCUT2D eigenvalue weighted by Crippen LogP contribution is -2.63. The summed E-state index contributed by atoms with van der Waals surface area (Å²) < 4.78 is 5.26. The zero-order chi connectivity index (χ0) is 18.0. The third-order valence-electron chi connectivity index (χ3n) is 5.65. The highest BCUT2D eigenvalue weighted by Gasteiger charge is 2.38. The maximum Gasteiger partial charge on any atom is 0.240 e. The van der Waals surface area contributed by atoms with Gasteiger partial charge in [-0.05, 0) is 64.5 Å². The number of carbonyl (C=O) groups excluding carboxylic acids is 1. The van der Waals surface area contributed by atoms with Gasteiger partial charge in [0, 0.05) is 25.3 Å². The molecule has 2 fully saturated rings. The number of carbonyl (C=O) groups is 1. The lowest BCUT2D eigenvalue weighted by atomic mass is 9.95. The number of likely N-dealkylation sites (N-methyl/N-ethyl adjacent to an activating group) is 1. The summed E-state index contributed by atoms with van der Waals surface area (Å²) in [6.45, 7) is 7.90. The minimum Gasteiger partial charge on any atom is -0.497 e. The van der Waals surface area contributed by atoms with E-state index in [1.54, 1.807) is 7.11 Å². The molecule has 2 aliphatic rings. The Morgan fingerprint density at radius 1 is 1.12 bits per heavy atom. The molecule has 1 amide bonds. The number of rotatable bonds is 3. The lowest BCUT2D eigenvalue weighted by molar-refractivity contribution is -0.139. The molecular formula is C20H31N3O2. The zero-order valence-corrected chi connectivity index (χ0v) is 16.0. The van der Waals surface area contributed by atoms with E-state index < -0.39 is 0 Å². The molecule has 0 unspecified atom stereocenters. The molecule has 5 nitrogen and oxygen atoms in total. The number of ether oxygens (including phenoxy) is 1. The molecule has 5 heteroatoms. The standard InChI is InChI=1S/C20H31N3O2/c1-20(2)15-22(19(24)18-7-5-6-12-21(18)3)13-14-23(20)16-8-10-17(25-4)11-9-16/h8-11,18H,5-7,12-15H2,1-4H3/t18-/m0/s1. The van der Waals surface area contributed by atoms with E-state index in [1.165, 1.54) is 12.1 Å². The van der Waals surface area contributed by atoms with Gasteiger partial charge >= 0.3 is 0 Å². The molecule has 25 heavy (non-hydrogen) atoms. The normalized spacial score (nSPS) is 24.2. The predicted molar refractivity (Wildman–Crippen MR) is 101 cm³/mol. The Kier molecular flexibility index (Phi) is 5.23. The van der Waals surface area contributed by atoms with Gasteiger partial charge in [-0.25, -0.2) is 0 Å². The highest BCUT2D eigenvalue weighted by molar-refractivity contribution is 5.82. The van der Waals surface area contributed by atoms with E-state index >= 15 is 0 Å². The van der Waals surface area contributed by atoms with Gasteiger partial charge in [0.1, 0.15) is 5.75 Å². The predicted octanol–water partition coefficient (Wildman–Crippen LogP) is 2.61. The van der Waals surface area contributed by atoms with E-state index in [4.69, 9.17) is 4.74 Å². The average Bonchev–Trinajstić information content (AvgIpc) is 2.61. The van der Waals surface area contributed by atoms with E-state index in [0.717, 1.165) is 44.8 Å². The Morgan fingerprint density at radius 3 is 2.44 bits per heavy atom. The van der Waals surface area contributed by atoms with Crippen molar-refractivity contribution in [3.63, 3.8) is 0 Å². The number of methoxy groups -OCH3 is 1. The first-order valence-corrected chi connectivity index (χ1v) is 9.33. The van der Waals surface area contributed by atoms with Crippen LogP contribution in [0.5, 0.6) is 5.75 Å². The number of hydrogen-bond acceptors (Lipinski definition) is 4. The Bertz CT molecular complexity index is 599. The van der Waals surface area contributed by atoms with Crippen LogP contribution in [0.15, 0.2) is 24.3 Å². The second-order valence-electron chi connectivity index (χ2n) is 7.91. The summed E-state index contributed by atoms with van der Waals surface area (Å²) in [6.07, 6.45) is 3.36. The van der Waals surface area contributed by atoms with Crippen molar-refractivity contribution in [1.29, 1.82) is 0 Å². The monoisotopic (exact) mass is 345 g/mol. The first kappa shape index (κ1) is 18.1. The van der Waals surface area contributed by atoms with Gasteiger partial charge in [0.25, 0.3) is 0 Å². The van der Waals surface area contributed by atoms with Crippen molar-refractivity contribution in [3.05, 3.63) is 24.3 Å². The van der Waals surface area contributed by atoms with Crippen LogP contribution >= 0.6 is 0 Å². The maximum absolute atomic E-state index is 13.0. The smallest absolute Gasteiger partial charge is 0.240 e. The number of hydrogen-bond donors (Lipinski definition) is 0. The Hall–Kier alpha value is -1.75. The molecule has 0 N–H and O–H groups in total. The van der Waals surface area contributed by atoms with E-state index in [0.29, 0.717) is 5.91 Å². The minimum atomic E-state index is -0.0876. The maximum atomic E-state index is 13.0. The Labute approximate surface area is 151 Å². The van der Waals surface area contributed by atoms with Gasteiger partial charge in [-0.3, -0.25) is 9.69 Å². The van der Waals surface area contributed by atoms with E-state index in [9.17, 15) is 4.79 Å². The summed E-state index contributed by atoms with van der Waals surface area (Å²) in [5.74, 6) is 1.18. The second kappa shape index (κ2) is 7.24. The number of benzene rings is 1. The van der Waals surface area contributed by atoms with E-state index in [2.05, 4.69) is 47.7 Å². The molecule has 0 aromatic heterocycles. The van der Waals surface area contributed by atoms with Crippen molar-refractivity contribution in [2.45, 2.75) is 44.7 Å². The van der Waals surface area contributed by atoms with Crippen molar-refractivity contribution in [2.24, 2.45) is 0 Å². The molecule has 2 heterocycles. The molecule has 1 aromatic rings. The fourth-order valence-corrected chi connectivity index (χ4v) is 4.18. The molecule has 0 bridgehead atoms. The summed E-state index contributed by atoms with van der Waals surface area (Å²) in [5, 5.41) is 0. The molecule has 138 valence electrons. The van der Waals surface area contributed by atoms with Crippen LogP contribution in [0, 0.1) is 0 Å². The number of amides is 1. The van der Waals surface area contributed by atoms with Gasteiger partial charge in [-0.2, -0.15) is 0 Å². The summed E-state index contributed by atoms with van der Waals surface area (Å²) >= 11 is 0. The van der Waals surface area contributed by atoms with Gasteiger partial charge in [-0.15, -0.1) is 0 Å². The van der Waals surface area contributed by atoms with Gasteiger partial charge in [0.2, 0.25) is 5.91 Å². The Balaban J connectivity index is 1.70. The van der Waals surface area contributed by atoms with Gasteiger partial charge in [-0.1, -0.05) is 6.42 Å². The molecule has 1 atom stereocenters. The van der Waals surface area contributed by atoms with Gasteiger partial charge in [0.05, 0.1) is 18.7 Å². The van der Waals surface area contributed by atoms with Crippen molar-refractivity contribution in [2.75, 3.05) is 45.2 Å². The number of piperazine rings is 1. The molecule has 3 rings (SSSR count). The van der Waals surface area contributed by atoms with Crippen LogP contribution in [0.4, 0.5) is 5.69 Å². The van der Waals surface area contributed by atoms with Crippen LogP contribution in [0.25, 0.3) is 0 Å². The first-order chi connectivity index (χ1) is 11.9. The van der Waals surface area contributed by atoms with Crippen molar-refractivity contribution in [3.8, 4) is 5.75 Å². The van der Waals surface area contributed by atoms with Crippen LogP contribution in [-0.4, -0.2) is 67.6 Å². The number of likely N-dealkylation sites (tertiary alicyclic amines) is 1. The average molecular weight is 345 g/mol. The highest BCUT2D eigenvalue weighted by atomic mass is 16.5. The summed E-state index contributed by atoms with van der Waals surface area (Å²) in [4.78, 5) is 19.7. The quantitative estimate of drug-likeness (QED) is 0.844. The van der Waals surface area contributed by atoms with Crippen LogP contribution in [0.2, 0.25) is 0 Å². The fraction of sp³-hybridized carbons (Fsp3) is 0.650. The Morgan fingerprint density at radius 2 is 1.84 bits per heavy atom. The first-order valence-electron chi connectivity index (χ1n) is 9.33. The molecule has 0 radical (unpaired) electrons. The van der Waals surface area contributed by atoms with Crippen molar-refractivity contribution < 1.29 is 9.53 Å². The fourth-order valence-electron chi connectivity index (χ4n) is 4.18. The molecule has 2 aliphatic heterocycles. The molecule has 1 aromatic carbocycles. The van der Waals surface area contributed by atoms with Crippen LogP contribution in [0.1, 0.15) is 33.1 Å². The summed E-state index contributed by atoms with van der Waals surface area (Å²) in [5.41, 5.74) is 1.10. The second-order valence-corrected chi connectivity index (χ2v) is 7.91. The van der Waals surface area contributed by atoms with E-state index in [-0.39, 0.29) is 11.6 Å². The van der Waals surface area contributed by atoms with Crippen LogP contribution in [-0.2, 0) is 4.79 Å². The largest absolute Gasteiger partial charge is 0.497 e. The zero-order valence-electron chi connectivity index (χ0n) is 16.0. The van der Waals surface area contributed by atoms with Crippen LogP contribution in [0.3, 0.4) is 0 Å². The topological polar surface area (TPSA) is 36.0 Å². The lowest BCUT2D eigenvalue weighted by Gasteiger charge is -2.49. The number of nitrogens with zero attached hydrogens (tertiary/aromatic N) is 3. The molecule has 0 aliphatic carbocycles. The number of anilines is 1. The molecular weight excluding hydrogens is 314 g/mol. The molecule has 0 saturated carbocycles. The third-order valence-corrected chi connectivity index (χ3v) is 5.65. The summed E-state index contributed by atoms with van der Waals surface area (Å²) in [6, 6.07) is 8.27. The van der Waals surface area contributed by atoms with E-state index in [1.807, 2.05) is 12.1 Å². The van der Waals surface area contributed by atoms with Gasteiger partial charge in [0.15, 0.2) is 0 Å². The summed E-state index contributed by atoms with van der Waals surface area (Å²) in [7, 11) is 3.77. The molecule has 2 saturated heterocycles. The highest BCUT2D eigenvalue weighted by Crippen LogP contribution is 2.30. The number of piperidine rings is 1. The molecule has 0 spiro atoms. The van der Waals surface area contributed by atoms with Crippen LogP contribution < -0.4 is 9.64 Å².